The van der Waals surface area contributed by atoms with Gasteiger partial charge in [-0.15, -0.1) is 10.2 Å². The molecule has 4 fully saturated rings. The number of rotatable bonds is 5. The van der Waals surface area contributed by atoms with Crippen LogP contribution in [0.1, 0.15) is 51.3 Å². The summed E-state index contributed by atoms with van der Waals surface area (Å²) in [6, 6.07) is 9.50. The van der Waals surface area contributed by atoms with E-state index in [9.17, 15) is 9.59 Å². The van der Waals surface area contributed by atoms with E-state index in [-0.39, 0.29) is 24.0 Å². The summed E-state index contributed by atoms with van der Waals surface area (Å²) in [5.41, 5.74) is 0.0743. The topological polar surface area (TPSA) is 94.3 Å². The number of nitrogens with one attached hydrogen (secondary N) is 1. The Morgan fingerprint density at radius 1 is 1.14 bits per heavy atom. The first kappa shape index (κ1) is 18.3. The van der Waals surface area contributed by atoms with Gasteiger partial charge in [0.15, 0.2) is 6.61 Å². The van der Waals surface area contributed by atoms with E-state index in [1.165, 1.54) is 0 Å². The third-order valence-electron chi connectivity index (χ3n) is 6.75. The minimum absolute atomic E-state index is 0.0187. The molecule has 4 saturated carbocycles. The maximum absolute atomic E-state index is 13.2. The van der Waals surface area contributed by atoms with Gasteiger partial charge in [0.05, 0.1) is 5.41 Å². The van der Waals surface area contributed by atoms with Crippen LogP contribution in [0.4, 0.5) is 0 Å². The molecule has 152 valence electrons. The van der Waals surface area contributed by atoms with Crippen LogP contribution in [0.3, 0.4) is 0 Å². The van der Waals surface area contributed by atoms with Crippen LogP contribution in [0, 0.1) is 17.3 Å². The van der Waals surface area contributed by atoms with Crippen LogP contribution in [-0.2, 0) is 20.9 Å². The number of esters is 1. The summed E-state index contributed by atoms with van der Waals surface area (Å²) in [5.74, 6) is 1.44. The first-order chi connectivity index (χ1) is 14.0. The highest BCUT2D eigenvalue weighted by molar-refractivity contribution is 5.79. The Hall–Kier alpha value is -2.70. The largest absolute Gasteiger partial charge is 0.455 e. The maximum Gasteiger partial charge on any atom is 0.312 e. The molecule has 1 amide bonds. The standard InChI is InChI=1S/C22H25N3O4/c1-14(26)23-22-10-15-7-16(11-22)9-21(8-15,13-22)20(27)28-12-18-24-25-19(29-18)17-5-3-2-4-6-17/h2-6,15-16H,7-13H2,1H3,(H,23,26)/t15-,16+,21?,22?. The molecular formula is C22H25N3O4. The van der Waals surface area contributed by atoms with Crippen LogP contribution < -0.4 is 5.32 Å². The Balaban J connectivity index is 1.29. The molecule has 0 saturated heterocycles. The highest BCUT2D eigenvalue weighted by Crippen LogP contribution is 2.62. The number of hydrogen-bond donors (Lipinski definition) is 1. The molecule has 7 heteroatoms. The first-order valence-corrected chi connectivity index (χ1v) is 10.3. The highest BCUT2D eigenvalue weighted by atomic mass is 16.5. The van der Waals surface area contributed by atoms with Gasteiger partial charge in [0.2, 0.25) is 11.8 Å². The number of carbonyl (C=O) groups is 2. The van der Waals surface area contributed by atoms with Crippen LogP contribution in [0.2, 0.25) is 0 Å². The number of amides is 1. The Labute approximate surface area is 169 Å². The predicted molar refractivity (Wildman–Crippen MR) is 103 cm³/mol. The minimum Gasteiger partial charge on any atom is -0.455 e. The maximum atomic E-state index is 13.2. The minimum atomic E-state index is -0.505. The molecule has 1 aromatic heterocycles. The zero-order valence-corrected chi connectivity index (χ0v) is 16.5. The Bertz CT molecular complexity index is 925. The van der Waals surface area contributed by atoms with Gasteiger partial charge >= 0.3 is 5.97 Å². The molecule has 6 rings (SSSR count). The predicted octanol–water partition coefficient (Wildman–Crippen LogP) is 3.25. The monoisotopic (exact) mass is 395 g/mol. The lowest BCUT2D eigenvalue weighted by Crippen LogP contribution is -2.64. The summed E-state index contributed by atoms with van der Waals surface area (Å²) in [6.07, 6.45) is 5.47. The number of benzene rings is 1. The molecule has 1 heterocycles. The molecule has 4 aliphatic rings. The fraction of sp³-hybridized carbons (Fsp3) is 0.545. The van der Waals surface area contributed by atoms with Crippen LogP contribution in [-0.4, -0.2) is 27.6 Å². The summed E-state index contributed by atoms with van der Waals surface area (Å²) in [6.45, 7) is 1.53. The molecule has 4 bridgehead atoms. The first-order valence-electron chi connectivity index (χ1n) is 10.3. The van der Waals surface area contributed by atoms with Crippen LogP contribution >= 0.6 is 0 Å². The number of ether oxygens (including phenoxy) is 1. The van der Waals surface area contributed by atoms with Crippen molar-refractivity contribution in [1.29, 1.82) is 0 Å². The van der Waals surface area contributed by atoms with Crippen molar-refractivity contribution >= 4 is 11.9 Å². The molecule has 0 aliphatic heterocycles. The molecule has 2 unspecified atom stereocenters. The second-order valence-corrected chi connectivity index (χ2v) is 9.15. The quantitative estimate of drug-likeness (QED) is 0.781. The van der Waals surface area contributed by atoms with Gasteiger partial charge in [-0.1, -0.05) is 18.2 Å². The van der Waals surface area contributed by atoms with Crippen molar-refractivity contribution in [3.05, 3.63) is 36.2 Å². The van der Waals surface area contributed by atoms with Gasteiger partial charge in [0.25, 0.3) is 5.89 Å². The van der Waals surface area contributed by atoms with Gasteiger partial charge in [-0.05, 0) is 62.5 Å². The SMILES string of the molecule is CC(=O)NC12C[C@H]3C[C@@H](C1)CC(C(=O)OCc1nnc(-c4ccccc4)o1)(C3)C2. The number of carbonyl (C=O) groups excluding carboxylic acids is 2. The smallest absolute Gasteiger partial charge is 0.312 e. The molecule has 29 heavy (non-hydrogen) atoms. The van der Waals surface area contributed by atoms with Crippen molar-refractivity contribution in [3.8, 4) is 11.5 Å². The van der Waals surface area contributed by atoms with Gasteiger partial charge in [0.1, 0.15) is 0 Å². The third kappa shape index (κ3) is 3.32. The van der Waals surface area contributed by atoms with E-state index in [1.807, 2.05) is 30.3 Å². The van der Waals surface area contributed by atoms with Crippen molar-refractivity contribution < 1.29 is 18.7 Å². The van der Waals surface area contributed by atoms with Crippen molar-refractivity contribution in [2.45, 2.75) is 57.6 Å². The fourth-order valence-electron chi connectivity index (χ4n) is 6.31. The molecule has 7 nitrogen and oxygen atoms in total. The van der Waals surface area contributed by atoms with Gasteiger partial charge in [-0.3, -0.25) is 9.59 Å². The molecule has 0 radical (unpaired) electrons. The molecule has 2 aromatic rings. The van der Waals surface area contributed by atoms with Crippen molar-refractivity contribution in [2.75, 3.05) is 0 Å². The van der Waals surface area contributed by atoms with Crippen molar-refractivity contribution in [2.24, 2.45) is 17.3 Å². The summed E-state index contributed by atoms with van der Waals surface area (Å²) < 4.78 is 11.3. The van der Waals surface area contributed by atoms with Crippen molar-refractivity contribution in [3.63, 3.8) is 0 Å². The average Bonchev–Trinajstić information content (AvgIpc) is 3.14. The molecule has 1 N–H and O–H groups in total. The van der Waals surface area contributed by atoms with E-state index in [0.29, 0.717) is 30.0 Å². The van der Waals surface area contributed by atoms with Gasteiger partial charge in [-0.25, -0.2) is 0 Å². The van der Waals surface area contributed by atoms with Gasteiger partial charge in [0, 0.05) is 18.0 Å². The van der Waals surface area contributed by atoms with E-state index >= 15 is 0 Å². The van der Waals surface area contributed by atoms with E-state index in [4.69, 9.17) is 9.15 Å². The lowest BCUT2D eigenvalue weighted by Gasteiger charge is -2.60. The second-order valence-electron chi connectivity index (χ2n) is 9.15. The Kier molecular flexibility index (Phi) is 4.22. The van der Waals surface area contributed by atoms with Crippen LogP contribution in [0.25, 0.3) is 11.5 Å². The number of aromatic nitrogens is 2. The third-order valence-corrected chi connectivity index (χ3v) is 6.75. The zero-order chi connectivity index (χ0) is 20.1. The molecule has 1 aromatic carbocycles. The second kappa shape index (κ2) is 6.68. The molecular weight excluding hydrogens is 370 g/mol. The van der Waals surface area contributed by atoms with Gasteiger partial charge in [-0.2, -0.15) is 0 Å². The fourth-order valence-corrected chi connectivity index (χ4v) is 6.31. The zero-order valence-electron chi connectivity index (χ0n) is 16.5. The Morgan fingerprint density at radius 2 is 1.86 bits per heavy atom. The number of nitrogens with zero attached hydrogens (tertiary/aromatic N) is 2. The summed E-state index contributed by atoms with van der Waals surface area (Å²) >= 11 is 0. The number of hydrogen-bond acceptors (Lipinski definition) is 6. The lowest BCUT2D eigenvalue weighted by molar-refractivity contribution is -0.178. The average molecular weight is 395 g/mol. The normalized spacial score (nSPS) is 32.2. The van der Waals surface area contributed by atoms with E-state index in [2.05, 4.69) is 15.5 Å². The lowest BCUT2D eigenvalue weighted by atomic mass is 9.47. The Morgan fingerprint density at radius 3 is 2.55 bits per heavy atom. The summed E-state index contributed by atoms with van der Waals surface area (Å²) in [5, 5.41) is 11.2. The molecule has 4 atom stereocenters. The summed E-state index contributed by atoms with van der Waals surface area (Å²) in [4.78, 5) is 24.9. The van der Waals surface area contributed by atoms with E-state index in [1.54, 1.807) is 6.92 Å². The van der Waals surface area contributed by atoms with E-state index < -0.39 is 5.41 Å². The van der Waals surface area contributed by atoms with E-state index in [0.717, 1.165) is 37.7 Å². The highest BCUT2D eigenvalue weighted by Gasteiger charge is 2.61. The van der Waals surface area contributed by atoms with Gasteiger partial charge < -0.3 is 14.5 Å². The molecule has 4 aliphatic carbocycles. The van der Waals surface area contributed by atoms with Crippen molar-refractivity contribution in [1.82, 2.24) is 15.5 Å². The molecule has 0 spiro atoms. The van der Waals surface area contributed by atoms with Crippen LogP contribution in [0.5, 0.6) is 0 Å². The van der Waals surface area contributed by atoms with Crippen LogP contribution in [0.15, 0.2) is 34.7 Å². The summed E-state index contributed by atoms with van der Waals surface area (Å²) in [7, 11) is 0.